The minimum absolute atomic E-state index is 0.0257. The Balaban J connectivity index is 1.72. The summed E-state index contributed by atoms with van der Waals surface area (Å²) >= 11 is 0. The highest BCUT2D eigenvalue weighted by Gasteiger charge is 2.24. The van der Waals surface area contributed by atoms with Crippen LogP contribution in [-0.2, 0) is 14.8 Å². The Bertz CT molecular complexity index is 957. The third-order valence-corrected chi connectivity index (χ3v) is 5.87. The van der Waals surface area contributed by atoms with Crippen molar-refractivity contribution >= 4 is 21.6 Å². The zero-order chi connectivity index (χ0) is 20.9. The number of amides is 1. The van der Waals surface area contributed by atoms with Crippen molar-refractivity contribution < 1.29 is 27.1 Å². The fraction of sp³-hybridized carbons (Fsp3) is 0.350. The van der Waals surface area contributed by atoms with Gasteiger partial charge in [-0.3, -0.25) is 4.79 Å². The molecule has 2 aromatic carbocycles. The zero-order valence-electron chi connectivity index (χ0n) is 16.0. The third kappa shape index (κ3) is 5.53. The molecule has 7 nitrogen and oxygen atoms in total. The van der Waals surface area contributed by atoms with Crippen LogP contribution in [-0.4, -0.2) is 40.2 Å². The molecule has 3 rings (SSSR count). The Morgan fingerprint density at radius 2 is 2.00 bits per heavy atom. The van der Waals surface area contributed by atoms with Crippen molar-refractivity contribution in [3.05, 3.63) is 53.8 Å². The Morgan fingerprint density at radius 1 is 1.24 bits per heavy atom. The lowest BCUT2D eigenvalue weighted by Gasteiger charge is -2.13. The van der Waals surface area contributed by atoms with E-state index in [9.17, 15) is 17.6 Å². The molecule has 1 atom stereocenters. The van der Waals surface area contributed by atoms with Crippen molar-refractivity contribution in [3.63, 3.8) is 0 Å². The SMILES string of the molecule is CCOc1ccc(NC(=O)c2ccc(F)c(S(=O)(=O)NC[C@H]3CCCO3)c2)cc1. The van der Waals surface area contributed by atoms with Gasteiger partial charge in [0.05, 0.1) is 12.7 Å². The Morgan fingerprint density at radius 3 is 2.66 bits per heavy atom. The number of benzene rings is 2. The van der Waals surface area contributed by atoms with Crippen LogP contribution in [0.1, 0.15) is 30.1 Å². The minimum atomic E-state index is -4.12. The molecule has 1 saturated heterocycles. The van der Waals surface area contributed by atoms with E-state index in [1.54, 1.807) is 24.3 Å². The van der Waals surface area contributed by atoms with E-state index in [-0.39, 0.29) is 18.2 Å². The number of halogens is 1. The first kappa shape index (κ1) is 21.2. The van der Waals surface area contributed by atoms with Gasteiger partial charge in [0.25, 0.3) is 5.91 Å². The third-order valence-electron chi connectivity index (χ3n) is 4.43. The predicted molar refractivity (Wildman–Crippen MR) is 106 cm³/mol. The zero-order valence-corrected chi connectivity index (χ0v) is 16.8. The second-order valence-corrected chi connectivity index (χ2v) is 8.28. The largest absolute Gasteiger partial charge is 0.494 e. The van der Waals surface area contributed by atoms with Crippen molar-refractivity contribution in [3.8, 4) is 5.75 Å². The van der Waals surface area contributed by atoms with Crippen LogP contribution in [0.5, 0.6) is 5.75 Å². The normalized spacial score (nSPS) is 16.6. The highest BCUT2D eigenvalue weighted by atomic mass is 32.2. The fourth-order valence-electron chi connectivity index (χ4n) is 2.94. The van der Waals surface area contributed by atoms with Crippen molar-refractivity contribution in [2.75, 3.05) is 25.1 Å². The van der Waals surface area contributed by atoms with Gasteiger partial charge in [0, 0.05) is 24.4 Å². The summed E-state index contributed by atoms with van der Waals surface area (Å²) in [5.41, 5.74) is 0.529. The number of carbonyl (C=O) groups is 1. The van der Waals surface area contributed by atoms with Crippen molar-refractivity contribution in [2.45, 2.75) is 30.8 Å². The number of ether oxygens (including phenoxy) is 2. The van der Waals surface area contributed by atoms with E-state index in [1.165, 1.54) is 6.07 Å². The molecule has 1 aliphatic rings. The minimum Gasteiger partial charge on any atom is -0.494 e. The maximum atomic E-state index is 14.2. The van der Waals surface area contributed by atoms with Crippen molar-refractivity contribution in [1.82, 2.24) is 4.72 Å². The maximum absolute atomic E-state index is 14.2. The van der Waals surface area contributed by atoms with E-state index in [2.05, 4.69) is 10.0 Å². The lowest BCUT2D eigenvalue weighted by atomic mass is 10.2. The topological polar surface area (TPSA) is 93.7 Å². The molecular formula is C20H23FN2O5S. The molecule has 0 saturated carbocycles. The summed E-state index contributed by atoms with van der Waals surface area (Å²) in [6, 6.07) is 9.95. The molecule has 9 heteroatoms. The lowest BCUT2D eigenvalue weighted by molar-refractivity contribution is 0.102. The van der Waals surface area contributed by atoms with Crippen LogP contribution >= 0.6 is 0 Å². The first-order valence-corrected chi connectivity index (χ1v) is 10.8. The van der Waals surface area contributed by atoms with Gasteiger partial charge in [-0.25, -0.2) is 17.5 Å². The van der Waals surface area contributed by atoms with Gasteiger partial charge in [-0.05, 0) is 62.2 Å². The second kappa shape index (κ2) is 9.34. The van der Waals surface area contributed by atoms with Gasteiger partial charge in [-0.1, -0.05) is 0 Å². The summed E-state index contributed by atoms with van der Waals surface area (Å²) < 4.78 is 52.2. The number of nitrogens with one attached hydrogen (secondary N) is 2. The van der Waals surface area contributed by atoms with E-state index >= 15 is 0 Å². The molecule has 1 fully saturated rings. The van der Waals surface area contributed by atoms with E-state index in [0.29, 0.717) is 24.7 Å². The summed E-state index contributed by atoms with van der Waals surface area (Å²) in [7, 11) is -4.12. The number of rotatable bonds is 8. The maximum Gasteiger partial charge on any atom is 0.255 e. The van der Waals surface area contributed by atoms with Gasteiger partial charge in [-0.15, -0.1) is 0 Å². The van der Waals surface area contributed by atoms with Crippen LogP contribution in [0.4, 0.5) is 10.1 Å². The van der Waals surface area contributed by atoms with Crippen LogP contribution in [0.3, 0.4) is 0 Å². The van der Waals surface area contributed by atoms with Crippen LogP contribution in [0.15, 0.2) is 47.4 Å². The molecular weight excluding hydrogens is 399 g/mol. The van der Waals surface area contributed by atoms with Crippen molar-refractivity contribution in [2.24, 2.45) is 0 Å². The molecule has 0 bridgehead atoms. The summed E-state index contributed by atoms with van der Waals surface area (Å²) in [5, 5.41) is 2.65. The summed E-state index contributed by atoms with van der Waals surface area (Å²) in [5.74, 6) is -0.815. The quantitative estimate of drug-likeness (QED) is 0.682. The average molecular weight is 422 g/mol. The number of hydrogen-bond donors (Lipinski definition) is 2. The van der Waals surface area contributed by atoms with Gasteiger partial charge in [-0.2, -0.15) is 0 Å². The second-order valence-electron chi connectivity index (χ2n) is 6.54. The van der Waals surface area contributed by atoms with Gasteiger partial charge in [0.1, 0.15) is 16.5 Å². The Labute approximate surface area is 169 Å². The lowest BCUT2D eigenvalue weighted by Crippen LogP contribution is -2.32. The van der Waals surface area contributed by atoms with E-state index in [0.717, 1.165) is 25.0 Å². The molecule has 1 amide bonds. The Kier molecular flexibility index (Phi) is 6.83. The number of hydrogen-bond acceptors (Lipinski definition) is 5. The van der Waals surface area contributed by atoms with Crippen molar-refractivity contribution in [1.29, 1.82) is 0 Å². The fourth-order valence-corrected chi connectivity index (χ4v) is 4.11. The predicted octanol–water partition coefficient (Wildman–Crippen LogP) is 2.93. The van der Waals surface area contributed by atoms with Gasteiger partial charge < -0.3 is 14.8 Å². The summed E-state index contributed by atoms with van der Waals surface area (Å²) in [6.45, 7) is 3.04. The number of carbonyl (C=O) groups excluding carboxylic acids is 1. The van der Waals surface area contributed by atoms with E-state index in [4.69, 9.17) is 9.47 Å². The number of sulfonamides is 1. The molecule has 29 heavy (non-hydrogen) atoms. The molecule has 2 aromatic rings. The standard InChI is InChI=1S/C20H23FN2O5S/c1-2-27-16-8-6-15(7-9-16)23-20(24)14-5-10-18(21)19(12-14)29(25,26)22-13-17-4-3-11-28-17/h5-10,12,17,22H,2-4,11,13H2,1H3,(H,23,24)/t17-/m1/s1. The molecule has 2 N–H and O–H groups in total. The van der Waals surface area contributed by atoms with E-state index in [1.807, 2.05) is 6.92 Å². The molecule has 0 aliphatic carbocycles. The summed E-state index contributed by atoms with van der Waals surface area (Å²) in [6.07, 6.45) is 1.39. The molecule has 156 valence electrons. The summed E-state index contributed by atoms with van der Waals surface area (Å²) in [4.78, 5) is 11.9. The van der Waals surface area contributed by atoms with Gasteiger partial charge >= 0.3 is 0 Å². The first-order valence-electron chi connectivity index (χ1n) is 9.34. The monoisotopic (exact) mass is 422 g/mol. The molecule has 0 unspecified atom stereocenters. The average Bonchev–Trinajstić information content (AvgIpc) is 3.22. The molecule has 1 aliphatic heterocycles. The van der Waals surface area contributed by atoms with Gasteiger partial charge in [0.15, 0.2) is 0 Å². The highest BCUT2D eigenvalue weighted by Crippen LogP contribution is 2.20. The van der Waals surface area contributed by atoms with E-state index < -0.39 is 26.6 Å². The van der Waals surface area contributed by atoms with Crippen LogP contribution in [0.25, 0.3) is 0 Å². The smallest absolute Gasteiger partial charge is 0.255 e. The molecule has 0 spiro atoms. The van der Waals surface area contributed by atoms with Crippen LogP contribution in [0.2, 0.25) is 0 Å². The number of anilines is 1. The molecule has 0 aromatic heterocycles. The first-order chi connectivity index (χ1) is 13.9. The highest BCUT2D eigenvalue weighted by molar-refractivity contribution is 7.89. The van der Waals surface area contributed by atoms with Crippen LogP contribution in [0, 0.1) is 5.82 Å². The molecule has 1 heterocycles. The van der Waals surface area contributed by atoms with Crippen LogP contribution < -0.4 is 14.8 Å². The Hall–Kier alpha value is -2.49. The van der Waals surface area contributed by atoms with Gasteiger partial charge in [0.2, 0.25) is 10.0 Å². The molecule has 0 radical (unpaired) electrons.